The molecule has 2 N–H and O–H groups in total. The maximum Gasteiger partial charge on any atom is 0.321 e. The first-order chi connectivity index (χ1) is 12.9. The topological polar surface area (TPSA) is 98.8 Å². The summed E-state index contributed by atoms with van der Waals surface area (Å²) in [7, 11) is -2.37. The van der Waals surface area contributed by atoms with E-state index < -0.39 is 15.9 Å². The molecule has 9 heteroatoms. The summed E-state index contributed by atoms with van der Waals surface area (Å²) in [6.45, 7) is 0.875. The van der Waals surface area contributed by atoms with E-state index in [9.17, 15) is 18.0 Å². The molecule has 3 rings (SSSR count). The molecule has 2 aromatic carbocycles. The summed E-state index contributed by atoms with van der Waals surface area (Å²) in [6, 6.07) is 14.6. The van der Waals surface area contributed by atoms with Crippen LogP contribution in [0.15, 0.2) is 59.5 Å². The number of carbonyl (C=O) groups excluding carboxylic acids is 2. The van der Waals surface area contributed by atoms with Gasteiger partial charge in [-0.15, -0.1) is 0 Å². The van der Waals surface area contributed by atoms with Gasteiger partial charge in [0.1, 0.15) is 0 Å². The van der Waals surface area contributed by atoms with E-state index >= 15 is 0 Å². The van der Waals surface area contributed by atoms with Crippen molar-refractivity contribution in [2.45, 2.75) is 4.90 Å². The molecule has 0 saturated carbocycles. The first kappa shape index (κ1) is 18.9. The molecule has 1 saturated heterocycles. The van der Waals surface area contributed by atoms with Crippen LogP contribution in [0.2, 0.25) is 0 Å². The highest BCUT2D eigenvalue weighted by molar-refractivity contribution is 7.89. The zero-order valence-corrected chi connectivity index (χ0v) is 15.6. The molecule has 8 nitrogen and oxygen atoms in total. The Morgan fingerprint density at radius 3 is 2.41 bits per heavy atom. The fourth-order valence-electron chi connectivity index (χ4n) is 2.70. The minimum atomic E-state index is -3.73. The number of nitrogens with one attached hydrogen (secondary N) is 2. The predicted molar refractivity (Wildman–Crippen MR) is 102 cm³/mol. The monoisotopic (exact) mass is 388 g/mol. The van der Waals surface area contributed by atoms with E-state index in [-0.39, 0.29) is 17.5 Å². The molecule has 3 amide bonds. The van der Waals surface area contributed by atoms with Crippen LogP contribution in [0.4, 0.5) is 16.2 Å². The second-order valence-electron chi connectivity index (χ2n) is 6.05. The number of hydrogen-bond donors (Lipinski definition) is 2. The Balaban J connectivity index is 1.61. The average molecular weight is 388 g/mol. The van der Waals surface area contributed by atoms with Gasteiger partial charge >= 0.3 is 6.03 Å². The van der Waals surface area contributed by atoms with E-state index in [2.05, 4.69) is 10.6 Å². The van der Waals surface area contributed by atoms with Crippen LogP contribution in [-0.4, -0.2) is 51.3 Å². The lowest BCUT2D eigenvalue weighted by atomic mass is 10.2. The number of anilines is 2. The number of rotatable bonds is 6. The molecule has 142 valence electrons. The highest BCUT2D eigenvalue weighted by Gasteiger charge is 2.23. The van der Waals surface area contributed by atoms with Gasteiger partial charge in [0, 0.05) is 31.5 Å². The molecule has 0 atom stereocenters. The Labute approximate surface area is 157 Å². The van der Waals surface area contributed by atoms with Crippen molar-refractivity contribution in [1.82, 2.24) is 9.62 Å². The Morgan fingerprint density at radius 2 is 1.81 bits per heavy atom. The standard InChI is InChI=1S/C18H20N4O4S/c1-21(27(25,26)16-5-3-2-4-6-16)13-17(23)20-14-7-9-15(10-8-14)22-12-11-19-18(22)24/h2-10H,11-13H2,1H3,(H,19,24)(H,20,23). The van der Waals surface area contributed by atoms with Crippen molar-refractivity contribution in [1.29, 1.82) is 0 Å². The zero-order chi connectivity index (χ0) is 19.4. The maximum atomic E-state index is 12.4. The minimum Gasteiger partial charge on any atom is -0.336 e. The van der Waals surface area contributed by atoms with Gasteiger partial charge in [-0.1, -0.05) is 18.2 Å². The first-order valence-corrected chi connectivity index (χ1v) is 9.78. The van der Waals surface area contributed by atoms with Crippen molar-refractivity contribution in [2.75, 3.05) is 36.9 Å². The molecular weight excluding hydrogens is 368 g/mol. The van der Waals surface area contributed by atoms with Gasteiger partial charge in [-0.2, -0.15) is 4.31 Å². The third kappa shape index (κ3) is 4.26. The van der Waals surface area contributed by atoms with Crippen molar-refractivity contribution in [2.24, 2.45) is 0 Å². The van der Waals surface area contributed by atoms with Crippen LogP contribution in [0, 0.1) is 0 Å². The smallest absolute Gasteiger partial charge is 0.321 e. The number of urea groups is 1. The van der Waals surface area contributed by atoms with Crippen molar-refractivity contribution >= 4 is 33.3 Å². The van der Waals surface area contributed by atoms with E-state index in [0.29, 0.717) is 18.8 Å². The van der Waals surface area contributed by atoms with Gasteiger partial charge in [0.2, 0.25) is 15.9 Å². The van der Waals surface area contributed by atoms with Crippen molar-refractivity contribution in [3.8, 4) is 0 Å². The molecule has 0 aliphatic carbocycles. The molecule has 0 bridgehead atoms. The lowest BCUT2D eigenvalue weighted by Gasteiger charge is -2.17. The lowest BCUT2D eigenvalue weighted by Crippen LogP contribution is -2.35. The van der Waals surface area contributed by atoms with Crippen LogP contribution < -0.4 is 15.5 Å². The molecule has 0 unspecified atom stereocenters. The SMILES string of the molecule is CN(CC(=O)Nc1ccc(N2CCNC2=O)cc1)S(=O)(=O)c1ccccc1. The molecule has 1 aliphatic rings. The zero-order valence-electron chi connectivity index (χ0n) is 14.8. The summed E-state index contributed by atoms with van der Waals surface area (Å²) in [4.78, 5) is 25.6. The largest absolute Gasteiger partial charge is 0.336 e. The summed E-state index contributed by atoms with van der Waals surface area (Å²) in [5, 5.41) is 5.38. The van der Waals surface area contributed by atoms with Gasteiger partial charge in [0.25, 0.3) is 0 Å². The number of benzene rings is 2. The third-order valence-electron chi connectivity index (χ3n) is 4.14. The number of sulfonamides is 1. The van der Waals surface area contributed by atoms with Crippen LogP contribution in [0.5, 0.6) is 0 Å². The highest BCUT2D eigenvalue weighted by atomic mass is 32.2. The van der Waals surface area contributed by atoms with Gasteiger partial charge in [-0.3, -0.25) is 9.69 Å². The molecule has 1 fully saturated rings. The van der Waals surface area contributed by atoms with Crippen molar-refractivity contribution < 1.29 is 18.0 Å². The van der Waals surface area contributed by atoms with E-state index in [1.807, 2.05) is 0 Å². The second-order valence-corrected chi connectivity index (χ2v) is 8.10. The van der Waals surface area contributed by atoms with Crippen LogP contribution in [0.25, 0.3) is 0 Å². The number of likely N-dealkylation sites (N-methyl/N-ethyl adjacent to an activating group) is 1. The fraction of sp³-hybridized carbons (Fsp3) is 0.222. The molecule has 0 radical (unpaired) electrons. The quantitative estimate of drug-likeness (QED) is 0.783. The normalized spacial score (nSPS) is 14.3. The van der Waals surface area contributed by atoms with Crippen LogP contribution in [0.3, 0.4) is 0 Å². The lowest BCUT2D eigenvalue weighted by molar-refractivity contribution is -0.116. The predicted octanol–water partition coefficient (Wildman–Crippen LogP) is 1.48. The Hall–Kier alpha value is -2.91. The van der Waals surface area contributed by atoms with Gasteiger partial charge in [0.05, 0.1) is 11.4 Å². The molecule has 2 aromatic rings. The number of carbonyl (C=O) groups is 2. The second kappa shape index (κ2) is 7.77. The number of hydrogen-bond acceptors (Lipinski definition) is 4. The fourth-order valence-corrected chi connectivity index (χ4v) is 3.85. The van der Waals surface area contributed by atoms with E-state index in [4.69, 9.17) is 0 Å². The molecule has 0 spiro atoms. The highest BCUT2D eigenvalue weighted by Crippen LogP contribution is 2.20. The summed E-state index contributed by atoms with van der Waals surface area (Å²) in [5.41, 5.74) is 1.25. The third-order valence-corrected chi connectivity index (χ3v) is 5.95. The van der Waals surface area contributed by atoms with Gasteiger partial charge in [-0.05, 0) is 36.4 Å². The van der Waals surface area contributed by atoms with Crippen molar-refractivity contribution in [3.05, 3.63) is 54.6 Å². The average Bonchev–Trinajstić information content (AvgIpc) is 3.09. The van der Waals surface area contributed by atoms with Crippen LogP contribution >= 0.6 is 0 Å². The van der Waals surface area contributed by atoms with E-state index in [0.717, 1.165) is 9.99 Å². The first-order valence-electron chi connectivity index (χ1n) is 8.34. The van der Waals surface area contributed by atoms with Gasteiger partial charge < -0.3 is 10.6 Å². The summed E-state index contributed by atoms with van der Waals surface area (Å²) >= 11 is 0. The summed E-state index contributed by atoms with van der Waals surface area (Å²) < 4.78 is 25.9. The van der Waals surface area contributed by atoms with Crippen LogP contribution in [-0.2, 0) is 14.8 Å². The summed E-state index contributed by atoms with van der Waals surface area (Å²) in [5.74, 6) is -0.455. The van der Waals surface area contributed by atoms with E-state index in [1.165, 1.54) is 19.2 Å². The molecule has 0 aromatic heterocycles. The number of amides is 3. The van der Waals surface area contributed by atoms with Crippen LogP contribution in [0.1, 0.15) is 0 Å². The summed E-state index contributed by atoms with van der Waals surface area (Å²) in [6.07, 6.45) is 0. The Kier molecular flexibility index (Phi) is 5.43. The minimum absolute atomic E-state index is 0.133. The van der Waals surface area contributed by atoms with Gasteiger partial charge in [-0.25, -0.2) is 13.2 Å². The molecule has 1 aliphatic heterocycles. The maximum absolute atomic E-state index is 12.4. The molecule has 27 heavy (non-hydrogen) atoms. The Morgan fingerprint density at radius 1 is 1.15 bits per heavy atom. The molecular formula is C18H20N4O4S. The number of nitrogens with zero attached hydrogens (tertiary/aromatic N) is 2. The van der Waals surface area contributed by atoms with Gasteiger partial charge in [0.15, 0.2) is 0 Å². The Bertz CT molecular complexity index is 930. The van der Waals surface area contributed by atoms with E-state index in [1.54, 1.807) is 47.4 Å². The molecule has 1 heterocycles. The van der Waals surface area contributed by atoms with Crippen molar-refractivity contribution in [3.63, 3.8) is 0 Å².